The van der Waals surface area contributed by atoms with E-state index in [1.54, 1.807) is 24.7 Å². The summed E-state index contributed by atoms with van der Waals surface area (Å²) in [4.78, 5) is 13.1. The van der Waals surface area contributed by atoms with Crippen LogP contribution in [0.5, 0.6) is 0 Å². The summed E-state index contributed by atoms with van der Waals surface area (Å²) in [5.74, 6) is 0. The maximum Gasteiger partial charge on any atom is 0.341 e. The molecule has 1 aliphatic rings. The molecule has 0 saturated carbocycles. The number of rotatable bonds is 3. The molecular formula is C30H28BIrN3-2. The van der Waals surface area contributed by atoms with Crippen LogP contribution in [-0.4, -0.2) is 23.8 Å². The van der Waals surface area contributed by atoms with Crippen LogP contribution in [0.25, 0.3) is 11.3 Å². The van der Waals surface area contributed by atoms with Gasteiger partial charge in [-0.1, -0.05) is 64.0 Å². The molecule has 1 aliphatic heterocycles. The van der Waals surface area contributed by atoms with Crippen LogP contribution in [0.2, 0.25) is 0 Å². The van der Waals surface area contributed by atoms with Crippen LogP contribution in [0.1, 0.15) is 41.6 Å². The SMILES string of the molecule is [2H]C([2H])([2H])c1c[c-]c(-c2cc(C(C)(C)C)ccn2)cc1.[Ir].[c-]1ccccc1B1N=CN=C1c1ccccc1. The van der Waals surface area contributed by atoms with Gasteiger partial charge in [0.1, 0.15) is 0 Å². The molecule has 0 spiro atoms. The zero-order chi connectivity index (χ0) is 26.5. The van der Waals surface area contributed by atoms with E-state index in [2.05, 4.69) is 59.9 Å². The fraction of sp³-hybridized carbons (Fsp3) is 0.167. The minimum Gasteiger partial charge on any atom is -0.320 e. The summed E-state index contributed by atoms with van der Waals surface area (Å²) < 4.78 is 22.1. The Balaban J connectivity index is 0.000000207. The van der Waals surface area contributed by atoms with Gasteiger partial charge in [0.25, 0.3) is 0 Å². The predicted octanol–water partition coefficient (Wildman–Crippen LogP) is 5.91. The van der Waals surface area contributed by atoms with Gasteiger partial charge in [-0.15, -0.1) is 35.4 Å². The Morgan fingerprint density at radius 2 is 1.71 bits per heavy atom. The van der Waals surface area contributed by atoms with Crippen LogP contribution < -0.4 is 5.46 Å². The second-order valence-electron chi connectivity index (χ2n) is 9.04. The molecule has 177 valence electrons. The third kappa shape index (κ3) is 6.94. The van der Waals surface area contributed by atoms with E-state index >= 15 is 0 Å². The molecule has 0 bridgehead atoms. The number of hydrogen-bond acceptors (Lipinski definition) is 3. The normalized spacial score (nSPS) is 14.0. The van der Waals surface area contributed by atoms with Crippen molar-refractivity contribution in [2.45, 2.75) is 33.0 Å². The molecule has 0 aliphatic carbocycles. The van der Waals surface area contributed by atoms with Gasteiger partial charge in [0, 0.05) is 36.0 Å². The maximum absolute atomic E-state index is 7.36. The predicted molar refractivity (Wildman–Crippen MR) is 144 cm³/mol. The molecule has 3 nitrogen and oxygen atoms in total. The standard InChI is InChI=1S/C16H18N.C14H10BN2.Ir/c1-12-5-7-13(8-6-12)15-11-14(9-10-17-15)16(2,3)4;1-3-7-12(8-4-1)14-15(17-11-16-14)13-9-5-2-6-10-13;/h5-7,9-11H,1-4H3;1-9,11H;/q2*-1;/i1D3;;. The fourth-order valence-corrected chi connectivity index (χ4v) is 3.58. The summed E-state index contributed by atoms with van der Waals surface area (Å²) in [7, 11) is 0. The van der Waals surface area contributed by atoms with Crippen LogP contribution in [0.4, 0.5) is 0 Å². The smallest absolute Gasteiger partial charge is 0.320 e. The molecule has 0 atom stereocenters. The molecule has 35 heavy (non-hydrogen) atoms. The van der Waals surface area contributed by atoms with E-state index in [-0.39, 0.29) is 32.4 Å². The average molecular weight is 637 g/mol. The molecule has 2 heterocycles. The molecule has 0 saturated heterocycles. The first kappa shape index (κ1) is 22.3. The van der Waals surface area contributed by atoms with Gasteiger partial charge in [-0.25, -0.2) is 4.99 Å². The van der Waals surface area contributed by atoms with Crippen molar-refractivity contribution in [1.82, 2.24) is 4.98 Å². The van der Waals surface area contributed by atoms with Gasteiger partial charge in [0.05, 0.1) is 6.34 Å². The van der Waals surface area contributed by atoms with Crippen LogP contribution in [-0.2, 0) is 25.5 Å². The number of aryl methyl sites for hydroxylation is 1. The van der Waals surface area contributed by atoms with Crippen molar-refractivity contribution in [2.24, 2.45) is 9.90 Å². The Hall–Kier alpha value is -3.14. The summed E-state index contributed by atoms with van der Waals surface area (Å²) in [5.41, 5.74) is 6.34. The van der Waals surface area contributed by atoms with Crippen LogP contribution in [0.15, 0.2) is 101 Å². The third-order valence-corrected chi connectivity index (χ3v) is 5.48. The molecule has 0 N–H and O–H groups in total. The molecule has 5 heteroatoms. The number of aromatic nitrogens is 1. The molecule has 1 aromatic heterocycles. The van der Waals surface area contributed by atoms with E-state index in [1.165, 1.54) is 11.6 Å². The number of hydrogen-bond donors (Lipinski definition) is 0. The van der Waals surface area contributed by atoms with E-state index in [0.29, 0.717) is 5.56 Å². The van der Waals surface area contributed by atoms with Crippen LogP contribution in [0, 0.1) is 19.0 Å². The summed E-state index contributed by atoms with van der Waals surface area (Å²) in [6.07, 6.45) is 3.41. The van der Waals surface area contributed by atoms with Gasteiger partial charge < -0.3 is 9.89 Å². The molecule has 0 fully saturated rings. The maximum atomic E-state index is 7.36. The molecule has 0 unspecified atom stereocenters. The summed E-state index contributed by atoms with van der Waals surface area (Å²) >= 11 is 0. The minimum atomic E-state index is -2.09. The Labute approximate surface area is 227 Å². The van der Waals surface area contributed by atoms with Gasteiger partial charge in [0.15, 0.2) is 0 Å². The van der Waals surface area contributed by atoms with Gasteiger partial charge >= 0.3 is 6.85 Å². The zero-order valence-electron chi connectivity index (χ0n) is 23.0. The van der Waals surface area contributed by atoms with Crippen molar-refractivity contribution in [1.29, 1.82) is 0 Å². The molecule has 4 aromatic rings. The van der Waals surface area contributed by atoms with Crippen molar-refractivity contribution in [2.75, 3.05) is 0 Å². The monoisotopic (exact) mass is 637 g/mol. The van der Waals surface area contributed by atoms with Crippen molar-refractivity contribution in [3.8, 4) is 11.3 Å². The first-order valence-corrected chi connectivity index (χ1v) is 11.2. The molecule has 1 radical (unpaired) electrons. The quantitative estimate of drug-likeness (QED) is 0.204. The van der Waals surface area contributed by atoms with Gasteiger partial charge in [-0.3, -0.25) is 0 Å². The summed E-state index contributed by atoms with van der Waals surface area (Å²) in [6, 6.07) is 33.2. The van der Waals surface area contributed by atoms with E-state index in [1.807, 2.05) is 54.6 Å². The van der Waals surface area contributed by atoms with Crippen molar-refractivity contribution >= 4 is 24.3 Å². The van der Waals surface area contributed by atoms with E-state index in [0.717, 1.165) is 27.9 Å². The Kier molecular flexibility index (Phi) is 7.67. The Morgan fingerprint density at radius 3 is 2.37 bits per heavy atom. The largest absolute Gasteiger partial charge is 0.341 e. The second kappa shape index (κ2) is 12.0. The molecular weight excluding hydrogens is 605 g/mol. The Bertz CT molecular complexity index is 1380. The van der Waals surface area contributed by atoms with Gasteiger partial charge in [0.2, 0.25) is 0 Å². The molecule has 3 aromatic carbocycles. The minimum absolute atomic E-state index is 0. The van der Waals surface area contributed by atoms with Crippen molar-refractivity contribution in [3.05, 3.63) is 120 Å². The second-order valence-corrected chi connectivity index (χ2v) is 9.04. The van der Waals surface area contributed by atoms with Gasteiger partial charge in [-0.2, -0.15) is 35.8 Å². The average Bonchev–Trinajstić information content (AvgIpc) is 3.40. The first-order chi connectivity index (χ1) is 17.6. The molecule has 0 amide bonds. The van der Waals surface area contributed by atoms with E-state index in [9.17, 15) is 0 Å². The third-order valence-electron chi connectivity index (χ3n) is 5.48. The number of benzene rings is 3. The van der Waals surface area contributed by atoms with Gasteiger partial charge in [-0.05, 0) is 28.3 Å². The number of pyridine rings is 1. The van der Waals surface area contributed by atoms with Crippen LogP contribution >= 0.6 is 0 Å². The zero-order valence-corrected chi connectivity index (χ0v) is 22.4. The van der Waals surface area contributed by atoms with Crippen LogP contribution in [0.3, 0.4) is 0 Å². The summed E-state index contributed by atoms with van der Waals surface area (Å²) in [5, 5.41) is 0. The van der Waals surface area contributed by atoms with E-state index < -0.39 is 6.85 Å². The number of aliphatic imine (C=N–C) groups is 1. The van der Waals surface area contributed by atoms with E-state index in [4.69, 9.17) is 4.11 Å². The summed E-state index contributed by atoms with van der Waals surface area (Å²) in [6.45, 7) is 4.34. The number of nitrogens with zero attached hydrogens (tertiary/aromatic N) is 3. The fourth-order valence-electron chi connectivity index (χ4n) is 3.58. The first-order valence-electron chi connectivity index (χ1n) is 12.7. The van der Waals surface area contributed by atoms with Crippen molar-refractivity contribution in [3.63, 3.8) is 0 Å². The topological polar surface area (TPSA) is 37.6 Å². The van der Waals surface area contributed by atoms with Crippen molar-refractivity contribution < 1.29 is 24.2 Å². The Morgan fingerprint density at radius 1 is 0.914 bits per heavy atom. The molecule has 5 rings (SSSR count).